The Morgan fingerprint density at radius 2 is 2.45 bits per heavy atom. The van der Waals surface area contributed by atoms with E-state index in [1.807, 2.05) is 0 Å². The summed E-state index contributed by atoms with van der Waals surface area (Å²) >= 11 is 0. The van der Waals surface area contributed by atoms with E-state index in [1.165, 1.54) is 0 Å². The molecule has 2 N–H and O–H groups in total. The predicted molar refractivity (Wildman–Crippen MR) is 35.8 cm³/mol. The van der Waals surface area contributed by atoms with Crippen LogP contribution in [0.1, 0.15) is 0 Å². The normalized spacial score (nSPS) is 48.2. The van der Waals surface area contributed by atoms with Gasteiger partial charge < -0.3 is 19.7 Å². The summed E-state index contributed by atoms with van der Waals surface area (Å²) in [4.78, 5) is 0. The lowest BCUT2D eigenvalue weighted by atomic mass is 10.0. The maximum atomic E-state index is 9.58. The fourth-order valence-electron chi connectivity index (χ4n) is 1.26. The van der Waals surface area contributed by atoms with Crippen molar-refractivity contribution in [1.29, 1.82) is 0 Å². The lowest BCUT2D eigenvalue weighted by Gasteiger charge is -2.29. The molecule has 2 heterocycles. The third-order valence-electron chi connectivity index (χ3n) is 1.97. The minimum Gasteiger partial charge on any atom is -0.393 e. The molecule has 2 aliphatic heterocycles. The summed E-state index contributed by atoms with van der Waals surface area (Å²) < 4.78 is 10.3. The highest BCUT2D eigenvalue weighted by atomic mass is 16.7. The van der Waals surface area contributed by atoms with Crippen molar-refractivity contribution in [3.63, 3.8) is 0 Å². The van der Waals surface area contributed by atoms with Crippen molar-refractivity contribution in [2.45, 2.75) is 18.0 Å². The molecule has 0 aliphatic carbocycles. The summed E-state index contributed by atoms with van der Waals surface area (Å²) in [5.74, 6) is 0. The maximum absolute atomic E-state index is 9.58. The average Bonchev–Trinajstić information content (AvgIpc) is 2.44. The van der Waals surface area contributed by atoms with E-state index in [0.29, 0.717) is 6.61 Å². The van der Waals surface area contributed by atoms with Gasteiger partial charge in [-0.1, -0.05) is 6.08 Å². The van der Waals surface area contributed by atoms with Gasteiger partial charge in [-0.25, -0.2) is 0 Å². The van der Waals surface area contributed by atoms with E-state index in [2.05, 4.69) is 0 Å². The number of hydrogen-bond acceptors (Lipinski definition) is 4. The summed E-state index contributed by atoms with van der Waals surface area (Å²) in [7, 11) is 0. The molecule has 1 fully saturated rings. The molecule has 1 unspecified atom stereocenters. The first kappa shape index (κ1) is 7.24. The molecule has 2 rings (SSSR count). The van der Waals surface area contributed by atoms with Crippen LogP contribution >= 0.6 is 0 Å². The van der Waals surface area contributed by atoms with Crippen molar-refractivity contribution in [1.82, 2.24) is 0 Å². The molecule has 62 valence electrons. The molecular formula is C7H10O4. The topological polar surface area (TPSA) is 58.9 Å². The van der Waals surface area contributed by atoms with E-state index in [9.17, 15) is 5.11 Å². The first-order valence-corrected chi connectivity index (χ1v) is 3.54. The average molecular weight is 158 g/mol. The van der Waals surface area contributed by atoms with Crippen LogP contribution in [-0.2, 0) is 9.47 Å². The van der Waals surface area contributed by atoms with E-state index in [1.54, 1.807) is 12.2 Å². The molecule has 0 radical (unpaired) electrons. The number of fused-ring (bicyclic) bond motifs is 2. The van der Waals surface area contributed by atoms with Gasteiger partial charge in [0, 0.05) is 0 Å². The van der Waals surface area contributed by atoms with Crippen LogP contribution in [0, 0.1) is 0 Å². The Balaban J connectivity index is 2.24. The maximum Gasteiger partial charge on any atom is 0.193 e. The molecule has 0 amide bonds. The van der Waals surface area contributed by atoms with Crippen LogP contribution in [0.25, 0.3) is 0 Å². The van der Waals surface area contributed by atoms with Crippen molar-refractivity contribution in [3.8, 4) is 0 Å². The molecule has 11 heavy (non-hydrogen) atoms. The van der Waals surface area contributed by atoms with Crippen LogP contribution in [0.3, 0.4) is 0 Å². The fourth-order valence-corrected chi connectivity index (χ4v) is 1.26. The third-order valence-corrected chi connectivity index (χ3v) is 1.97. The van der Waals surface area contributed by atoms with Gasteiger partial charge >= 0.3 is 0 Å². The first-order valence-electron chi connectivity index (χ1n) is 3.54. The largest absolute Gasteiger partial charge is 0.393 e. The summed E-state index contributed by atoms with van der Waals surface area (Å²) in [5, 5.41) is 18.4. The van der Waals surface area contributed by atoms with Crippen LogP contribution in [0.5, 0.6) is 0 Å². The van der Waals surface area contributed by atoms with Crippen molar-refractivity contribution >= 4 is 0 Å². The van der Waals surface area contributed by atoms with Crippen LogP contribution in [0.4, 0.5) is 0 Å². The lowest BCUT2D eigenvalue weighted by Crippen LogP contribution is -2.46. The quantitative estimate of drug-likeness (QED) is 0.482. The highest BCUT2D eigenvalue weighted by Gasteiger charge is 2.44. The third kappa shape index (κ3) is 0.990. The molecule has 0 spiro atoms. The van der Waals surface area contributed by atoms with Crippen LogP contribution in [0.15, 0.2) is 12.2 Å². The fraction of sp³-hybridized carbons (Fsp3) is 0.714. The minimum atomic E-state index is -1.34. The van der Waals surface area contributed by atoms with E-state index in [0.717, 1.165) is 0 Å². The molecule has 4 heteroatoms. The number of rotatable bonds is 1. The highest BCUT2D eigenvalue weighted by Crippen LogP contribution is 2.29. The number of aliphatic hydroxyl groups excluding tert-OH is 1. The number of ether oxygens (including phenoxy) is 2. The Kier molecular flexibility index (Phi) is 1.50. The van der Waals surface area contributed by atoms with Gasteiger partial charge in [0.05, 0.1) is 13.2 Å². The van der Waals surface area contributed by atoms with Crippen LogP contribution in [0.2, 0.25) is 0 Å². The first-order chi connectivity index (χ1) is 5.24. The van der Waals surface area contributed by atoms with E-state index < -0.39 is 11.9 Å². The molecule has 2 aliphatic rings. The van der Waals surface area contributed by atoms with Gasteiger partial charge in [0.2, 0.25) is 0 Å². The highest BCUT2D eigenvalue weighted by molar-refractivity contribution is 5.12. The Morgan fingerprint density at radius 3 is 3.18 bits per heavy atom. The number of hydrogen-bond donors (Lipinski definition) is 2. The molecule has 0 aromatic rings. The molecular weight excluding hydrogens is 148 g/mol. The van der Waals surface area contributed by atoms with Crippen molar-refractivity contribution in [2.75, 3.05) is 13.2 Å². The summed E-state index contributed by atoms with van der Waals surface area (Å²) in [6.45, 7) is 0.0877. The Morgan fingerprint density at radius 1 is 1.64 bits per heavy atom. The molecule has 0 aromatic heterocycles. The zero-order valence-corrected chi connectivity index (χ0v) is 5.93. The summed E-state index contributed by atoms with van der Waals surface area (Å²) in [6, 6.07) is 0. The molecule has 1 saturated heterocycles. The molecule has 4 nitrogen and oxygen atoms in total. The zero-order valence-electron chi connectivity index (χ0n) is 5.93. The van der Waals surface area contributed by atoms with Crippen molar-refractivity contribution in [3.05, 3.63) is 12.2 Å². The predicted octanol–water partition coefficient (Wildman–Crippen LogP) is -0.979. The second-order valence-electron chi connectivity index (χ2n) is 2.85. The SMILES string of the molecule is OCC1(O)C=C[C@H]2CO[C@@H]1O2. The Bertz CT molecular complexity index is 191. The van der Waals surface area contributed by atoms with Crippen molar-refractivity contribution < 1.29 is 19.7 Å². The standard InChI is InChI=1S/C7H10O4/c8-4-7(9)2-1-5-3-10-6(7)11-5/h1-2,5-6,8-9H,3-4H2/t5-,6+,7?/m0/s1. The molecule has 2 bridgehead atoms. The molecule has 3 atom stereocenters. The smallest absolute Gasteiger partial charge is 0.193 e. The van der Waals surface area contributed by atoms with Gasteiger partial charge in [0.1, 0.15) is 6.10 Å². The van der Waals surface area contributed by atoms with Crippen LogP contribution in [-0.4, -0.2) is 41.4 Å². The zero-order chi connectivity index (χ0) is 7.90. The van der Waals surface area contributed by atoms with E-state index in [4.69, 9.17) is 14.6 Å². The summed E-state index contributed by atoms with van der Waals surface area (Å²) in [6.07, 6.45) is 2.51. The van der Waals surface area contributed by atoms with Gasteiger partial charge in [-0.15, -0.1) is 0 Å². The Labute approximate surface area is 64.0 Å². The van der Waals surface area contributed by atoms with Gasteiger partial charge in [-0.3, -0.25) is 0 Å². The monoisotopic (exact) mass is 158 g/mol. The van der Waals surface area contributed by atoms with Crippen molar-refractivity contribution in [2.24, 2.45) is 0 Å². The number of aliphatic hydroxyl groups is 2. The minimum absolute atomic E-state index is 0.0492. The van der Waals surface area contributed by atoms with Gasteiger partial charge in [-0.05, 0) is 6.08 Å². The molecule has 0 aromatic carbocycles. The molecule has 0 saturated carbocycles. The van der Waals surface area contributed by atoms with Gasteiger partial charge in [-0.2, -0.15) is 0 Å². The van der Waals surface area contributed by atoms with Crippen LogP contribution < -0.4 is 0 Å². The lowest BCUT2D eigenvalue weighted by molar-refractivity contribution is -0.182. The van der Waals surface area contributed by atoms with E-state index >= 15 is 0 Å². The van der Waals surface area contributed by atoms with Gasteiger partial charge in [0.15, 0.2) is 11.9 Å². The summed E-state index contributed by atoms with van der Waals surface area (Å²) in [5.41, 5.74) is -1.34. The second kappa shape index (κ2) is 2.28. The Hall–Kier alpha value is -0.420. The second-order valence-corrected chi connectivity index (χ2v) is 2.85. The van der Waals surface area contributed by atoms with Gasteiger partial charge in [0.25, 0.3) is 0 Å². The van der Waals surface area contributed by atoms with E-state index in [-0.39, 0.29) is 12.7 Å².